The molecule has 9 heteroatoms. The summed E-state index contributed by atoms with van der Waals surface area (Å²) in [6.45, 7) is 0.00334. The van der Waals surface area contributed by atoms with Crippen LogP contribution in [0.3, 0.4) is 0 Å². The van der Waals surface area contributed by atoms with Gasteiger partial charge in [0.2, 0.25) is 5.91 Å². The van der Waals surface area contributed by atoms with Gasteiger partial charge in [-0.25, -0.2) is 0 Å². The molecule has 0 bridgehead atoms. The lowest BCUT2D eigenvalue weighted by molar-refractivity contribution is -0.130. The van der Waals surface area contributed by atoms with Gasteiger partial charge in [0.05, 0.1) is 11.9 Å². The van der Waals surface area contributed by atoms with Gasteiger partial charge in [-0.05, 0) is 31.0 Å². The van der Waals surface area contributed by atoms with Crippen molar-refractivity contribution in [3.05, 3.63) is 42.2 Å². The second-order valence-electron chi connectivity index (χ2n) is 7.53. The highest BCUT2D eigenvalue weighted by Gasteiger charge is 2.17. The molecule has 0 radical (unpaired) electrons. The normalized spacial score (nSPS) is 13.7. The van der Waals surface area contributed by atoms with Crippen LogP contribution in [-0.4, -0.2) is 59.1 Å². The molecule has 3 rings (SSSR count). The highest BCUT2D eigenvalue weighted by Crippen LogP contribution is 2.18. The molecule has 1 heterocycles. The summed E-state index contributed by atoms with van der Waals surface area (Å²) < 4.78 is 6.93. The molecule has 0 saturated heterocycles. The number of likely N-dealkylation sites (N-methyl/N-ethyl adjacent to an activating group) is 1. The molecule has 1 fully saturated rings. The number of hydrogen-bond donors (Lipinski definition) is 2. The molecular weight excluding hydrogens is 386 g/mol. The number of carbonyl (C=O) groups is 3. The van der Waals surface area contributed by atoms with Gasteiger partial charge >= 0.3 is 0 Å². The number of amides is 3. The molecule has 1 aliphatic rings. The molecule has 30 heavy (non-hydrogen) atoms. The predicted octanol–water partition coefficient (Wildman–Crippen LogP) is 1.66. The second kappa shape index (κ2) is 9.91. The van der Waals surface area contributed by atoms with Gasteiger partial charge in [-0.3, -0.25) is 19.1 Å². The summed E-state index contributed by atoms with van der Waals surface area (Å²) in [6.07, 6.45) is 7.47. The fraction of sp³-hybridized carbons (Fsp3) is 0.429. The zero-order valence-electron chi connectivity index (χ0n) is 17.3. The summed E-state index contributed by atoms with van der Waals surface area (Å²) in [6, 6.07) is 6.84. The van der Waals surface area contributed by atoms with Crippen LogP contribution in [0.5, 0.6) is 5.75 Å². The molecular formula is C21H27N5O4. The number of aromatic nitrogens is 2. The summed E-state index contributed by atoms with van der Waals surface area (Å²) in [5.74, 6) is -0.166. The quantitative estimate of drug-likeness (QED) is 0.685. The van der Waals surface area contributed by atoms with E-state index >= 15 is 0 Å². The Bertz CT molecular complexity index is 902. The van der Waals surface area contributed by atoms with Crippen molar-refractivity contribution in [2.75, 3.05) is 26.0 Å². The first kappa shape index (κ1) is 21.4. The van der Waals surface area contributed by atoms with Gasteiger partial charge in [0, 0.05) is 31.9 Å². The third-order valence-electron chi connectivity index (χ3n) is 4.87. The minimum absolute atomic E-state index is 0.0833. The highest BCUT2D eigenvalue weighted by molar-refractivity contribution is 6.04. The van der Waals surface area contributed by atoms with Crippen LogP contribution in [0.15, 0.2) is 36.7 Å². The smallest absolute Gasteiger partial charge is 0.259 e. The standard InChI is InChI=1S/C21H27N5O4/c1-25(2)20(28)14-30-18-9-5-6-15(10-18)21(29)24-17-11-22-26(12-17)13-19(27)23-16-7-3-4-8-16/h5-6,9-12,16H,3-4,7-8,13-14H2,1-2H3,(H,23,27)(H,24,29). The number of carbonyl (C=O) groups excluding carboxylic acids is 3. The maximum absolute atomic E-state index is 12.5. The fourth-order valence-electron chi connectivity index (χ4n) is 3.21. The van der Waals surface area contributed by atoms with Crippen LogP contribution in [0.1, 0.15) is 36.0 Å². The topological polar surface area (TPSA) is 106 Å². The maximum Gasteiger partial charge on any atom is 0.259 e. The lowest BCUT2D eigenvalue weighted by atomic mass is 10.2. The number of ether oxygens (including phenoxy) is 1. The Morgan fingerprint density at radius 1 is 1.23 bits per heavy atom. The third-order valence-corrected chi connectivity index (χ3v) is 4.87. The Hall–Kier alpha value is -3.36. The number of hydrogen-bond acceptors (Lipinski definition) is 5. The van der Waals surface area contributed by atoms with Gasteiger partial charge in [-0.2, -0.15) is 5.10 Å². The van der Waals surface area contributed by atoms with Crippen LogP contribution in [0, 0.1) is 0 Å². The number of nitrogens with one attached hydrogen (secondary N) is 2. The van der Waals surface area contributed by atoms with Crippen molar-refractivity contribution < 1.29 is 19.1 Å². The van der Waals surface area contributed by atoms with Crippen LogP contribution in [0.25, 0.3) is 0 Å². The summed E-state index contributed by atoms with van der Waals surface area (Å²) in [4.78, 5) is 37.7. The van der Waals surface area contributed by atoms with E-state index in [1.165, 1.54) is 15.8 Å². The SMILES string of the molecule is CN(C)C(=O)COc1cccc(C(=O)Nc2cnn(CC(=O)NC3CCCC3)c2)c1. The van der Waals surface area contributed by atoms with Gasteiger partial charge in [0.1, 0.15) is 12.3 Å². The average molecular weight is 413 g/mol. The number of benzene rings is 1. The Morgan fingerprint density at radius 2 is 2.00 bits per heavy atom. The van der Waals surface area contributed by atoms with Crippen LogP contribution in [0.4, 0.5) is 5.69 Å². The molecule has 160 valence electrons. The summed E-state index contributed by atoms with van der Waals surface area (Å²) in [5.41, 5.74) is 0.874. The number of anilines is 1. The minimum Gasteiger partial charge on any atom is -0.484 e. The van der Waals surface area contributed by atoms with Crippen LogP contribution in [-0.2, 0) is 16.1 Å². The third kappa shape index (κ3) is 6.07. The maximum atomic E-state index is 12.5. The number of nitrogens with zero attached hydrogens (tertiary/aromatic N) is 3. The first-order valence-corrected chi connectivity index (χ1v) is 9.97. The predicted molar refractivity (Wildman–Crippen MR) is 111 cm³/mol. The zero-order chi connectivity index (χ0) is 21.5. The van der Waals surface area contributed by atoms with E-state index in [1.54, 1.807) is 44.6 Å². The monoisotopic (exact) mass is 413 g/mol. The average Bonchev–Trinajstić information content (AvgIpc) is 3.38. The summed E-state index contributed by atoms with van der Waals surface area (Å²) >= 11 is 0. The molecule has 2 N–H and O–H groups in total. The first-order valence-electron chi connectivity index (χ1n) is 9.97. The Morgan fingerprint density at radius 3 is 2.73 bits per heavy atom. The van der Waals surface area contributed by atoms with Crippen molar-refractivity contribution in [2.45, 2.75) is 38.3 Å². The van der Waals surface area contributed by atoms with Gasteiger partial charge in [-0.15, -0.1) is 0 Å². The van der Waals surface area contributed by atoms with Crippen molar-refractivity contribution >= 4 is 23.4 Å². The van der Waals surface area contributed by atoms with Crippen LogP contribution >= 0.6 is 0 Å². The molecule has 1 saturated carbocycles. The van der Waals surface area contributed by atoms with Gasteiger partial charge in [-0.1, -0.05) is 18.9 Å². The van der Waals surface area contributed by atoms with Crippen LogP contribution < -0.4 is 15.4 Å². The fourth-order valence-corrected chi connectivity index (χ4v) is 3.21. The largest absolute Gasteiger partial charge is 0.484 e. The van der Waals surface area contributed by atoms with E-state index in [1.807, 2.05) is 0 Å². The zero-order valence-corrected chi connectivity index (χ0v) is 17.3. The van der Waals surface area contributed by atoms with Gasteiger partial charge in [0.15, 0.2) is 6.61 Å². The molecule has 1 aromatic heterocycles. The highest BCUT2D eigenvalue weighted by atomic mass is 16.5. The van der Waals surface area contributed by atoms with E-state index in [0.717, 1.165) is 25.7 Å². The van der Waals surface area contributed by atoms with Gasteiger partial charge < -0.3 is 20.3 Å². The molecule has 0 unspecified atom stereocenters. The first-order chi connectivity index (χ1) is 14.4. The van der Waals surface area contributed by atoms with Crippen molar-refractivity contribution in [1.82, 2.24) is 20.0 Å². The van der Waals surface area contributed by atoms with E-state index in [-0.39, 0.29) is 36.9 Å². The molecule has 1 aliphatic carbocycles. The van der Waals surface area contributed by atoms with E-state index in [9.17, 15) is 14.4 Å². The Labute approximate surface area is 175 Å². The molecule has 2 aromatic rings. The van der Waals surface area contributed by atoms with E-state index < -0.39 is 0 Å². The molecule has 0 aliphatic heterocycles. The van der Waals surface area contributed by atoms with Crippen molar-refractivity contribution in [2.24, 2.45) is 0 Å². The molecule has 3 amide bonds. The van der Waals surface area contributed by atoms with Crippen LogP contribution in [0.2, 0.25) is 0 Å². The number of rotatable bonds is 8. The summed E-state index contributed by atoms with van der Waals surface area (Å²) in [5, 5.41) is 9.89. The van der Waals surface area contributed by atoms with E-state index in [2.05, 4.69) is 15.7 Å². The molecule has 0 atom stereocenters. The Kier molecular flexibility index (Phi) is 7.05. The molecule has 9 nitrogen and oxygen atoms in total. The van der Waals surface area contributed by atoms with E-state index in [4.69, 9.17) is 4.74 Å². The Balaban J connectivity index is 1.52. The minimum atomic E-state index is -0.339. The van der Waals surface area contributed by atoms with E-state index in [0.29, 0.717) is 17.0 Å². The lowest BCUT2D eigenvalue weighted by Crippen LogP contribution is -2.35. The summed E-state index contributed by atoms with van der Waals surface area (Å²) in [7, 11) is 3.29. The second-order valence-corrected chi connectivity index (χ2v) is 7.53. The van der Waals surface area contributed by atoms with Gasteiger partial charge in [0.25, 0.3) is 11.8 Å². The molecule has 0 spiro atoms. The molecule has 1 aromatic carbocycles. The lowest BCUT2D eigenvalue weighted by Gasteiger charge is -2.12. The van der Waals surface area contributed by atoms with Crippen molar-refractivity contribution in [3.63, 3.8) is 0 Å². The van der Waals surface area contributed by atoms with Crippen molar-refractivity contribution in [3.8, 4) is 5.75 Å². The van der Waals surface area contributed by atoms with Crippen molar-refractivity contribution in [1.29, 1.82) is 0 Å².